The van der Waals surface area contributed by atoms with Crippen molar-refractivity contribution in [2.75, 3.05) is 18.1 Å². The number of hydrogen-bond donors (Lipinski definition) is 1. The van der Waals surface area contributed by atoms with Gasteiger partial charge in [-0.25, -0.2) is 0 Å². The fourth-order valence-electron chi connectivity index (χ4n) is 2.74. The van der Waals surface area contributed by atoms with Crippen LogP contribution < -0.4 is 20.1 Å². The molecule has 31 heavy (non-hydrogen) atoms. The first-order chi connectivity index (χ1) is 14.8. The summed E-state index contributed by atoms with van der Waals surface area (Å²) in [5.41, 5.74) is 5.95. The van der Waals surface area contributed by atoms with Crippen molar-refractivity contribution >= 4 is 57.6 Å². The molecule has 1 saturated heterocycles. The first kappa shape index (κ1) is 22.2. The van der Waals surface area contributed by atoms with Gasteiger partial charge < -0.3 is 15.2 Å². The minimum atomic E-state index is -0.614. The van der Waals surface area contributed by atoms with Gasteiger partial charge in [0.15, 0.2) is 22.4 Å². The fourth-order valence-corrected chi connectivity index (χ4v) is 4.04. The molecule has 0 saturated carbocycles. The van der Waals surface area contributed by atoms with Crippen molar-refractivity contribution in [3.8, 4) is 11.5 Å². The molecule has 2 amide bonds. The number of benzene rings is 2. The summed E-state index contributed by atoms with van der Waals surface area (Å²) in [5.74, 6) is -0.257. The first-order valence-electron chi connectivity index (χ1n) is 9.00. The minimum absolute atomic E-state index is 0.136. The van der Waals surface area contributed by atoms with Crippen molar-refractivity contribution in [3.05, 3.63) is 63.0 Å². The van der Waals surface area contributed by atoms with Gasteiger partial charge in [0.25, 0.3) is 17.5 Å². The molecule has 0 atom stereocenters. The largest absolute Gasteiger partial charge is 0.490 e. The highest BCUT2D eigenvalue weighted by Gasteiger charge is 2.34. The van der Waals surface area contributed by atoms with E-state index in [0.717, 1.165) is 11.8 Å². The number of nitro benzene ring substituents is 1. The Morgan fingerprint density at radius 2 is 2.03 bits per heavy atom. The van der Waals surface area contributed by atoms with E-state index in [1.54, 1.807) is 37.3 Å². The maximum Gasteiger partial charge on any atom is 0.271 e. The number of carbonyl (C=O) groups is 2. The molecule has 1 fully saturated rings. The number of amides is 2. The van der Waals surface area contributed by atoms with Crippen LogP contribution in [0.2, 0.25) is 0 Å². The highest BCUT2D eigenvalue weighted by atomic mass is 32.2. The summed E-state index contributed by atoms with van der Waals surface area (Å²) in [5, 5.41) is 11.0. The molecule has 0 radical (unpaired) electrons. The Morgan fingerprint density at radius 3 is 2.71 bits per heavy atom. The number of ether oxygens (including phenoxy) is 2. The molecule has 0 aromatic heterocycles. The Balaban J connectivity index is 1.88. The molecule has 0 unspecified atom stereocenters. The zero-order valence-corrected chi connectivity index (χ0v) is 17.9. The smallest absolute Gasteiger partial charge is 0.271 e. The predicted molar refractivity (Wildman–Crippen MR) is 121 cm³/mol. The average molecular weight is 460 g/mol. The van der Waals surface area contributed by atoms with Gasteiger partial charge in [-0.1, -0.05) is 36.1 Å². The van der Waals surface area contributed by atoms with E-state index in [9.17, 15) is 19.7 Å². The molecule has 1 heterocycles. The van der Waals surface area contributed by atoms with E-state index in [2.05, 4.69) is 0 Å². The van der Waals surface area contributed by atoms with Gasteiger partial charge in [0.1, 0.15) is 0 Å². The van der Waals surface area contributed by atoms with Crippen molar-refractivity contribution in [1.29, 1.82) is 0 Å². The quantitative estimate of drug-likeness (QED) is 0.276. The number of thioether (sulfide) groups is 1. The Hall–Kier alpha value is -3.44. The van der Waals surface area contributed by atoms with Crippen LogP contribution in [0.5, 0.6) is 11.5 Å². The summed E-state index contributed by atoms with van der Waals surface area (Å²) in [6, 6.07) is 10.7. The Labute approximate surface area is 186 Å². The van der Waals surface area contributed by atoms with Crippen LogP contribution in [0.1, 0.15) is 12.5 Å². The van der Waals surface area contributed by atoms with Gasteiger partial charge in [0.05, 0.1) is 22.1 Å². The number of rotatable bonds is 8. The minimum Gasteiger partial charge on any atom is -0.490 e. The highest BCUT2D eigenvalue weighted by Crippen LogP contribution is 2.38. The van der Waals surface area contributed by atoms with E-state index in [0.29, 0.717) is 34.3 Å². The van der Waals surface area contributed by atoms with Crippen LogP contribution in [0.4, 0.5) is 11.4 Å². The molecule has 2 aromatic carbocycles. The van der Waals surface area contributed by atoms with Gasteiger partial charge in [-0.3, -0.25) is 24.6 Å². The molecule has 9 nitrogen and oxygen atoms in total. The second kappa shape index (κ2) is 9.58. The van der Waals surface area contributed by atoms with Crippen LogP contribution in [-0.4, -0.2) is 34.3 Å². The maximum absolute atomic E-state index is 12.9. The Morgan fingerprint density at radius 1 is 1.26 bits per heavy atom. The van der Waals surface area contributed by atoms with Crippen LogP contribution in [0.3, 0.4) is 0 Å². The maximum atomic E-state index is 12.9. The van der Waals surface area contributed by atoms with Crippen molar-refractivity contribution in [2.45, 2.75) is 6.92 Å². The molecule has 1 aliphatic heterocycles. The number of primary amides is 1. The average Bonchev–Trinajstić information content (AvgIpc) is 3.00. The zero-order valence-electron chi connectivity index (χ0n) is 16.3. The summed E-state index contributed by atoms with van der Waals surface area (Å²) in [7, 11) is 0. The fraction of sp³-hybridized carbons (Fsp3) is 0.150. The van der Waals surface area contributed by atoms with E-state index in [1.807, 2.05) is 0 Å². The van der Waals surface area contributed by atoms with E-state index in [1.165, 1.54) is 23.1 Å². The summed E-state index contributed by atoms with van der Waals surface area (Å²) >= 11 is 6.41. The van der Waals surface area contributed by atoms with Crippen LogP contribution >= 0.6 is 24.0 Å². The van der Waals surface area contributed by atoms with Gasteiger partial charge in [-0.2, -0.15) is 0 Å². The van der Waals surface area contributed by atoms with Crippen LogP contribution in [0.15, 0.2) is 47.4 Å². The van der Waals surface area contributed by atoms with Crippen molar-refractivity contribution in [1.82, 2.24) is 0 Å². The van der Waals surface area contributed by atoms with Gasteiger partial charge in [0.2, 0.25) is 0 Å². The number of nitro groups is 1. The Kier molecular flexibility index (Phi) is 6.88. The van der Waals surface area contributed by atoms with E-state index in [4.69, 9.17) is 27.4 Å². The lowest BCUT2D eigenvalue weighted by molar-refractivity contribution is -0.384. The van der Waals surface area contributed by atoms with E-state index >= 15 is 0 Å². The van der Waals surface area contributed by atoms with Crippen molar-refractivity contribution < 1.29 is 24.0 Å². The first-order valence-corrected chi connectivity index (χ1v) is 10.2. The van der Waals surface area contributed by atoms with Gasteiger partial charge >= 0.3 is 0 Å². The summed E-state index contributed by atoms with van der Waals surface area (Å²) in [6.45, 7) is 1.88. The molecule has 3 rings (SSSR count). The van der Waals surface area contributed by atoms with Crippen LogP contribution in [0.25, 0.3) is 6.08 Å². The number of nitrogens with two attached hydrogens (primary N) is 1. The van der Waals surface area contributed by atoms with Crippen LogP contribution in [0, 0.1) is 10.1 Å². The molecule has 0 spiro atoms. The predicted octanol–water partition coefficient (Wildman–Crippen LogP) is 3.26. The number of nitrogens with zero attached hydrogens (tertiary/aromatic N) is 2. The second-order valence-electron chi connectivity index (χ2n) is 6.19. The van der Waals surface area contributed by atoms with Crippen molar-refractivity contribution in [2.24, 2.45) is 5.73 Å². The molecular formula is C20H17N3O6S2. The Bertz CT molecular complexity index is 1100. The van der Waals surface area contributed by atoms with Crippen LogP contribution in [-0.2, 0) is 9.59 Å². The second-order valence-corrected chi connectivity index (χ2v) is 7.86. The van der Waals surface area contributed by atoms with Gasteiger partial charge in [-0.15, -0.1) is 0 Å². The van der Waals surface area contributed by atoms with Gasteiger partial charge in [0, 0.05) is 12.1 Å². The zero-order chi connectivity index (χ0) is 22.5. The van der Waals surface area contributed by atoms with E-state index < -0.39 is 10.8 Å². The van der Waals surface area contributed by atoms with E-state index in [-0.39, 0.29) is 22.5 Å². The topological polar surface area (TPSA) is 125 Å². The lowest BCUT2D eigenvalue weighted by Gasteiger charge is -2.14. The number of carbonyl (C=O) groups excluding carboxylic acids is 2. The molecule has 1 aliphatic rings. The summed E-state index contributed by atoms with van der Waals surface area (Å²) in [4.78, 5) is 36.0. The van der Waals surface area contributed by atoms with Gasteiger partial charge in [-0.05, 0) is 36.8 Å². The number of hydrogen-bond acceptors (Lipinski definition) is 8. The lowest BCUT2D eigenvalue weighted by Crippen LogP contribution is -2.27. The summed E-state index contributed by atoms with van der Waals surface area (Å²) < 4.78 is 11.2. The molecule has 11 heteroatoms. The third kappa shape index (κ3) is 5.19. The SMILES string of the molecule is CCOc1cc(/C=C2/SC(=S)N(c3cccc([N+](=O)[O-])c3)C2=O)ccc1OCC(N)=O. The molecule has 160 valence electrons. The third-order valence-electron chi connectivity index (χ3n) is 4.03. The van der Waals surface area contributed by atoms with Crippen molar-refractivity contribution in [3.63, 3.8) is 0 Å². The molecule has 0 aliphatic carbocycles. The third-order valence-corrected chi connectivity index (χ3v) is 5.33. The molecule has 0 bridgehead atoms. The normalized spacial score (nSPS) is 14.7. The number of non-ortho nitro benzene ring substituents is 1. The number of anilines is 1. The molecule has 2 aromatic rings. The standard InChI is InChI=1S/C20H17N3O6S2/c1-2-28-16-8-12(6-7-15(16)29-11-18(21)24)9-17-19(25)22(20(30)31-17)13-4-3-5-14(10-13)23(26)27/h3-10H,2,11H2,1H3,(H2,21,24)/b17-9+. The molecule has 2 N–H and O–H groups in total. The summed E-state index contributed by atoms with van der Waals surface area (Å²) in [6.07, 6.45) is 1.64. The lowest BCUT2D eigenvalue weighted by atomic mass is 10.1. The molecular weight excluding hydrogens is 442 g/mol. The monoisotopic (exact) mass is 459 g/mol. The highest BCUT2D eigenvalue weighted by molar-refractivity contribution is 8.27. The number of thiocarbonyl (C=S) groups is 1.